The molecule has 2 aromatic heterocycles. The second-order valence-electron chi connectivity index (χ2n) is 14.8. The molecule has 16 nitrogen and oxygen atoms in total. The predicted molar refractivity (Wildman–Crippen MR) is 208 cm³/mol. The summed E-state index contributed by atoms with van der Waals surface area (Å²) in [5.41, 5.74) is 6.51. The molecule has 0 aliphatic rings. The summed E-state index contributed by atoms with van der Waals surface area (Å²) in [6.07, 6.45) is 3.30. The molecule has 0 aliphatic carbocycles. The molecule has 2 heterocycles. The SMILES string of the molecule is CC(Cc1ccccc1)NC(=O)CCC(C)(C)OCCC(C)(C)NC(=O)CC[C@H](NC(=O)c1ccc(NCc2cnc3nc(N)[nH]c(=O)c3n2)cc1)C(=O)O. The lowest BCUT2D eigenvalue weighted by molar-refractivity contribution is -0.139. The molecule has 0 fully saturated rings. The second kappa shape index (κ2) is 18.9. The molecule has 1 unspecified atom stereocenters. The first-order valence-electron chi connectivity index (χ1n) is 18.2. The summed E-state index contributed by atoms with van der Waals surface area (Å²) in [6.45, 7) is 10.1. The van der Waals surface area contributed by atoms with E-state index in [1.807, 2.05) is 65.0 Å². The Hall–Kier alpha value is -5.90. The minimum absolute atomic E-state index is 0.00736. The fraction of sp³-hybridized carbons (Fsp3) is 0.436. The average Bonchev–Trinajstić information content (AvgIpc) is 3.11. The number of fused-ring (bicyclic) bond motifs is 1. The number of nitrogens with two attached hydrogens (primary N) is 1. The molecule has 55 heavy (non-hydrogen) atoms. The van der Waals surface area contributed by atoms with Crippen LogP contribution in [0.1, 0.15) is 88.3 Å². The maximum Gasteiger partial charge on any atom is 0.326 e. The number of benzene rings is 2. The van der Waals surface area contributed by atoms with Gasteiger partial charge in [-0.2, -0.15) is 4.98 Å². The molecule has 2 atom stereocenters. The Bertz CT molecular complexity index is 2000. The summed E-state index contributed by atoms with van der Waals surface area (Å²) in [6, 6.07) is 15.0. The van der Waals surface area contributed by atoms with Crippen LogP contribution < -0.4 is 32.6 Å². The van der Waals surface area contributed by atoms with Crippen LogP contribution >= 0.6 is 0 Å². The van der Waals surface area contributed by atoms with E-state index in [-0.39, 0.29) is 59.9 Å². The molecule has 2 aromatic carbocycles. The van der Waals surface area contributed by atoms with Gasteiger partial charge in [0.25, 0.3) is 11.5 Å². The highest BCUT2D eigenvalue weighted by molar-refractivity contribution is 5.97. The molecule has 0 aliphatic heterocycles. The van der Waals surface area contributed by atoms with Crippen molar-refractivity contribution in [3.63, 3.8) is 0 Å². The average molecular weight is 758 g/mol. The van der Waals surface area contributed by atoms with Gasteiger partial charge in [-0.05, 0) is 90.1 Å². The van der Waals surface area contributed by atoms with E-state index in [1.54, 1.807) is 12.1 Å². The van der Waals surface area contributed by atoms with Crippen molar-refractivity contribution in [1.82, 2.24) is 35.9 Å². The summed E-state index contributed by atoms with van der Waals surface area (Å²) in [5, 5.41) is 21.4. The van der Waals surface area contributed by atoms with Crippen molar-refractivity contribution in [2.45, 2.75) is 103 Å². The molecule has 8 N–H and O–H groups in total. The van der Waals surface area contributed by atoms with Gasteiger partial charge in [0.05, 0.1) is 24.0 Å². The normalized spacial score (nSPS) is 12.7. The van der Waals surface area contributed by atoms with Crippen LogP contribution in [0, 0.1) is 0 Å². The molecule has 0 saturated heterocycles. The van der Waals surface area contributed by atoms with E-state index >= 15 is 0 Å². The monoisotopic (exact) mass is 757 g/mol. The van der Waals surface area contributed by atoms with Gasteiger partial charge in [0.15, 0.2) is 11.2 Å². The largest absolute Gasteiger partial charge is 0.480 e. The van der Waals surface area contributed by atoms with Crippen molar-refractivity contribution in [3.8, 4) is 0 Å². The highest BCUT2D eigenvalue weighted by atomic mass is 16.5. The lowest BCUT2D eigenvalue weighted by atomic mass is 9.99. The number of H-pyrrole nitrogens is 1. The maximum absolute atomic E-state index is 12.9. The Kier molecular flexibility index (Phi) is 14.4. The number of nitrogens with zero attached hydrogens (tertiary/aromatic N) is 3. The Balaban J connectivity index is 1.16. The smallest absolute Gasteiger partial charge is 0.326 e. The molecule has 0 bridgehead atoms. The van der Waals surface area contributed by atoms with E-state index in [0.29, 0.717) is 37.3 Å². The number of carboxylic acid groups (broad SMARTS) is 1. The number of aromatic nitrogens is 4. The molecule has 294 valence electrons. The van der Waals surface area contributed by atoms with Crippen LogP contribution in [0.5, 0.6) is 0 Å². The van der Waals surface area contributed by atoms with Gasteiger partial charge in [0.2, 0.25) is 17.8 Å². The number of aromatic amines is 1. The van der Waals surface area contributed by atoms with Crippen molar-refractivity contribution in [3.05, 3.63) is 88.0 Å². The van der Waals surface area contributed by atoms with Crippen LogP contribution in [0.25, 0.3) is 11.2 Å². The zero-order chi connectivity index (χ0) is 40.2. The highest BCUT2D eigenvalue weighted by Crippen LogP contribution is 2.20. The molecule has 4 rings (SSSR count). The minimum atomic E-state index is -1.29. The number of aliphatic carboxylic acids is 1. The van der Waals surface area contributed by atoms with E-state index in [1.165, 1.54) is 18.3 Å². The van der Waals surface area contributed by atoms with E-state index in [4.69, 9.17) is 10.5 Å². The number of ether oxygens (including phenoxy) is 1. The Morgan fingerprint density at radius 2 is 1.64 bits per heavy atom. The summed E-state index contributed by atoms with van der Waals surface area (Å²) in [4.78, 5) is 77.1. The molecule has 3 amide bonds. The van der Waals surface area contributed by atoms with E-state index < -0.39 is 34.6 Å². The van der Waals surface area contributed by atoms with Gasteiger partial charge in [0, 0.05) is 42.3 Å². The molecule has 0 saturated carbocycles. The number of nitrogen functional groups attached to an aromatic ring is 1. The molecule has 0 radical (unpaired) electrons. The Morgan fingerprint density at radius 3 is 2.33 bits per heavy atom. The first-order chi connectivity index (χ1) is 26.0. The fourth-order valence-electron chi connectivity index (χ4n) is 5.70. The number of hydrogen-bond donors (Lipinski definition) is 7. The minimum Gasteiger partial charge on any atom is -0.480 e. The Morgan fingerprint density at radius 1 is 0.927 bits per heavy atom. The molecule has 4 aromatic rings. The number of nitrogens with one attached hydrogen (secondary N) is 5. The van der Waals surface area contributed by atoms with Crippen molar-refractivity contribution < 1.29 is 29.0 Å². The van der Waals surface area contributed by atoms with Crippen LogP contribution in [0.3, 0.4) is 0 Å². The number of hydrogen-bond acceptors (Lipinski definition) is 11. The summed E-state index contributed by atoms with van der Waals surface area (Å²) in [7, 11) is 0. The van der Waals surface area contributed by atoms with Crippen molar-refractivity contribution in [1.29, 1.82) is 0 Å². The first kappa shape index (κ1) is 41.9. The quantitative estimate of drug-likeness (QED) is 0.0686. The van der Waals surface area contributed by atoms with Crippen LogP contribution in [0.15, 0.2) is 65.6 Å². The molecular formula is C39H51N9O7. The number of amides is 3. The number of rotatable bonds is 20. The van der Waals surface area contributed by atoms with Gasteiger partial charge >= 0.3 is 5.97 Å². The van der Waals surface area contributed by atoms with Gasteiger partial charge in [-0.3, -0.25) is 24.2 Å². The first-order valence-corrected chi connectivity index (χ1v) is 18.2. The van der Waals surface area contributed by atoms with Crippen LogP contribution in [-0.2, 0) is 32.1 Å². The number of carboxylic acids is 1. The van der Waals surface area contributed by atoms with Gasteiger partial charge < -0.3 is 36.8 Å². The number of carbonyl (C=O) groups excluding carboxylic acids is 3. The zero-order valence-electron chi connectivity index (χ0n) is 31.9. The zero-order valence-corrected chi connectivity index (χ0v) is 31.9. The molecule has 0 spiro atoms. The Labute approximate surface area is 319 Å². The van der Waals surface area contributed by atoms with Gasteiger partial charge in [0.1, 0.15) is 6.04 Å². The van der Waals surface area contributed by atoms with Crippen molar-refractivity contribution in [2.24, 2.45) is 0 Å². The van der Waals surface area contributed by atoms with Crippen molar-refractivity contribution in [2.75, 3.05) is 17.7 Å². The summed E-state index contributed by atoms with van der Waals surface area (Å²) in [5.74, 6) is -2.32. The van der Waals surface area contributed by atoms with Gasteiger partial charge in [-0.15, -0.1) is 0 Å². The van der Waals surface area contributed by atoms with Crippen LogP contribution in [-0.4, -0.2) is 78.6 Å². The highest BCUT2D eigenvalue weighted by Gasteiger charge is 2.27. The number of carbonyl (C=O) groups is 4. The van der Waals surface area contributed by atoms with E-state index in [2.05, 4.69) is 41.2 Å². The third kappa shape index (κ3) is 13.8. The number of anilines is 2. The molecule has 16 heteroatoms. The van der Waals surface area contributed by atoms with E-state index in [0.717, 1.165) is 12.0 Å². The van der Waals surface area contributed by atoms with Gasteiger partial charge in [-0.1, -0.05) is 30.3 Å². The third-order valence-electron chi connectivity index (χ3n) is 8.81. The topological polar surface area (TPSA) is 243 Å². The fourth-order valence-corrected chi connectivity index (χ4v) is 5.70. The van der Waals surface area contributed by atoms with Crippen LogP contribution in [0.4, 0.5) is 11.6 Å². The maximum atomic E-state index is 12.9. The predicted octanol–water partition coefficient (Wildman–Crippen LogP) is 3.48. The lowest BCUT2D eigenvalue weighted by Gasteiger charge is -2.30. The lowest BCUT2D eigenvalue weighted by Crippen LogP contribution is -2.46. The van der Waals surface area contributed by atoms with Crippen molar-refractivity contribution >= 4 is 46.5 Å². The van der Waals surface area contributed by atoms with E-state index in [9.17, 15) is 29.1 Å². The third-order valence-corrected chi connectivity index (χ3v) is 8.81. The van der Waals surface area contributed by atoms with Crippen LogP contribution in [0.2, 0.25) is 0 Å². The standard InChI is InChI=1S/C39H51N9O7/c1-24(21-25-9-7-6-8-10-25)43-30(49)17-18-39(4,5)55-20-19-38(2,3)48-31(50)16-15-29(36(53)54)45-34(51)26-11-13-27(14-12-26)41-22-28-23-42-33-32(44-28)35(52)47-37(40)46-33/h6-14,23-24,29,41H,15-22H2,1-5H3,(H,43,49)(H,45,51)(H,48,50)(H,53,54)(H3,40,42,46,47,52)/t24?,29-/m0/s1. The summed E-state index contributed by atoms with van der Waals surface area (Å²) >= 11 is 0. The van der Waals surface area contributed by atoms with Gasteiger partial charge in [-0.25, -0.2) is 14.8 Å². The summed E-state index contributed by atoms with van der Waals surface area (Å²) < 4.78 is 6.09. The second-order valence-corrected chi connectivity index (χ2v) is 14.8. The molecular weight excluding hydrogens is 706 g/mol.